The predicted octanol–water partition coefficient (Wildman–Crippen LogP) is 1.95. The summed E-state index contributed by atoms with van der Waals surface area (Å²) in [6, 6.07) is 5.89. The van der Waals surface area contributed by atoms with Gasteiger partial charge in [0, 0.05) is 24.8 Å². The molecule has 4 nitrogen and oxygen atoms in total. The van der Waals surface area contributed by atoms with Crippen molar-refractivity contribution in [3.05, 3.63) is 28.8 Å². The van der Waals surface area contributed by atoms with Crippen LogP contribution < -0.4 is 11.1 Å². The van der Waals surface area contributed by atoms with Crippen LogP contribution in [0.15, 0.2) is 18.2 Å². The Morgan fingerprint density at radius 1 is 1.37 bits per heavy atom. The maximum absolute atomic E-state index is 11.3. The van der Waals surface area contributed by atoms with Crippen LogP contribution in [0.4, 0.5) is 5.69 Å². The number of halogens is 1. The summed E-state index contributed by atoms with van der Waals surface area (Å²) in [6.07, 6.45) is 2.41. The van der Waals surface area contributed by atoms with Gasteiger partial charge < -0.3 is 16.0 Å². The van der Waals surface area contributed by atoms with Gasteiger partial charge in [-0.3, -0.25) is 4.79 Å². The van der Waals surface area contributed by atoms with Crippen molar-refractivity contribution in [3.63, 3.8) is 0 Å². The number of rotatable bonds is 3. The van der Waals surface area contributed by atoms with Crippen molar-refractivity contribution in [1.29, 1.82) is 0 Å². The average molecular weight is 280 g/mol. The van der Waals surface area contributed by atoms with E-state index >= 15 is 0 Å². The Bertz CT molecular complexity index is 505. The SMILES string of the molecule is NC(=O)c1cc(NC2CCN3CCC2C3)ccc1Cl. The van der Waals surface area contributed by atoms with Gasteiger partial charge in [0.05, 0.1) is 10.6 Å². The molecule has 2 aliphatic rings. The van der Waals surface area contributed by atoms with E-state index < -0.39 is 5.91 Å². The van der Waals surface area contributed by atoms with Gasteiger partial charge in [0.25, 0.3) is 0 Å². The van der Waals surface area contributed by atoms with Gasteiger partial charge in [0.2, 0.25) is 5.91 Å². The van der Waals surface area contributed by atoms with Gasteiger partial charge in [-0.1, -0.05) is 11.6 Å². The number of amides is 1. The molecule has 2 bridgehead atoms. The number of primary amides is 1. The number of fused-ring (bicyclic) bond motifs is 2. The molecule has 3 rings (SSSR count). The molecule has 0 saturated carbocycles. The molecule has 3 N–H and O–H groups in total. The first-order valence-corrected chi connectivity index (χ1v) is 7.09. The minimum atomic E-state index is -0.482. The van der Waals surface area contributed by atoms with E-state index in [4.69, 9.17) is 17.3 Å². The lowest BCUT2D eigenvalue weighted by Gasteiger charge is -2.31. The van der Waals surface area contributed by atoms with Crippen molar-refractivity contribution in [3.8, 4) is 0 Å². The molecule has 2 aliphatic heterocycles. The zero-order valence-corrected chi connectivity index (χ0v) is 11.5. The minimum absolute atomic E-state index is 0.385. The number of carbonyl (C=O) groups excluding carboxylic acids is 1. The van der Waals surface area contributed by atoms with Crippen molar-refractivity contribution >= 4 is 23.2 Å². The van der Waals surface area contributed by atoms with Crippen molar-refractivity contribution in [2.75, 3.05) is 25.0 Å². The molecule has 19 heavy (non-hydrogen) atoms. The number of hydrogen-bond acceptors (Lipinski definition) is 3. The van der Waals surface area contributed by atoms with E-state index in [1.54, 1.807) is 12.1 Å². The van der Waals surface area contributed by atoms with Crippen LogP contribution in [-0.4, -0.2) is 36.5 Å². The predicted molar refractivity (Wildman–Crippen MR) is 76.5 cm³/mol. The summed E-state index contributed by atoms with van der Waals surface area (Å²) in [5.41, 5.74) is 6.64. The summed E-state index contributed by atoms with van der Waals surface area (Å²) in [6.45, 7) is 3.56. The van der Waals surface area contributed by atoms with E-state index in [1.165, 1.54) is 19.5 Å². The Labute approximate surface area is 117 Å². The molecule has 5 heteroatoms. The Morgan fingerprint density at radius 3 is 2.95 bits per heavy atom. The summed E-state index contributed by atoms with van der Waals surface area (Å²) in [5, 5.41) is 3.95. The molecule has 1 aromatic rings. The van der Waals surface area contributed by atoms with Crippen LogP contribution in [0, 0.1) is 5.92 Å². The van der Waals surface area contributed by atoms with Crippen molar-refractivity contribution in [2.45, 2.75) is 18.9 Å². The van der Waals surface area contributed by atoms with Crippen LogP contribution in [0.3, 0.4) is 0 Å². The lowest BCUT2D eigenvalue weighted by atomic mass is 9.94. The highest BCUT2D eigenvalue weighted by Gasteiger charge is 2.34. The highest BCUT2D eigenvalue weighted by molar-refractivity contribution is 6.33. The molecule has 1 aromatic carbocycles. The largest absolute Gasteiger partial charge is 0.382 e. The van der Waals surface area contributed by atoms with Gasteiger partial charge in [-0.25, -0.2) is 0 Å². The van der Waals surface area contributed by atoms with Crippen molar-refractivity contribution in [1.82, 2.24) is 4.90 Å². The smallest absolute Gasteiger partial charge is 0.250 e. The normalized spacial score (nSPS) is 29.2. The van der Waals surface area contributed by atoms with Gasteiger partial charge >= 0.3 is 0 Å². The highest BCUT2D eigenvalue weighted by atomic mass is 35.5. The number of nitrogens with two attached hydrogens (primary N) is 1. The second-order valence-electron chi connectivity index (χ2n) is 5.45. The molecule has 2 saturated heterocycles. The molecule has 3 unspecified atom stereocenters. The Kier molecular flexibility index (Phi) is 3.37. The third kappa shape index (κ3) is 2.55. The number of nitrogens with zero attached hydrogens (tertiary/aromatic N) is 1. The molecular weight excluding hydrogens is 262 g/mol. The number of benzene rings is 1. The Hall–Kier alpha value is -1.26. The number of piperidine rings is 1. The fourth-order valence-corrected chi connectivity index (χ4v) is 3.37. The number of nitrogens with one attached hydrogen (secondary N) is 1. The highest BCUT2D eigenvalue weighted by Crippen LogP contribution is 2.30. The van der Waals surface area contributed by atoms with Gasteiger partial charge in [0.15, 0.2) is 0 Å². The standard InChI is InChI=1S/C14H18ClN3O/c15-12-2-1-10(7-11(12)14(16)19)17-13-4-6-18-5-3-9(13)8-18/h1-2,7,9,13,17H,3-6,8H2,(H2,16,19). The first-order chi connectivity index (χ1) is 9.13. The topological polar surface area (TPSA) is 58.4 Å². The average Bonchev–Trinajstić information content (AvgIpc) is 2.77. The summed E-state index contributed by atoms with van der Waals surface area (Å²) in [7, 11) is 0. The molecule has 1 amide bonds. The summed E-state index contributed by atoms with van der Waals surface area (Å²) < 4.78 is 0. The molecule has 2 heterocycles. The zero-order chi connectivity index (χ0) is 13.4. The second-order valence-corrected chi connectivity index (χ2v) is 5.85. The van der Waals surface area contributed by atoms with Crippen LogP contribution in [0.5, 0.6) is 0 Å². The molecule has 2 fully saturated rings. The molecular formula is C14H18ClN3O. The first-order valence-electron chi connectivity index (χ1n) is 6.72. The van der Waals surface area contributed by atoms with Crippen LogP contribution in [0.1, 0.15) is 23.2 Å². The summed E-state index contributed by atoms with van der Waals surface area (Å²) >= 11 is 5.96. The van der Waals surface area contributed by atoms with E-state index in [-0.39, 0.29) is 0 Å². The monoisotopic (exact) mass is 279 g/mol. The van der Waals surface area contributed by atoms with Crippen LogP contribution in [-0.2, 0) is 0 Å². The van der Waals surface area contributed by atoms with Crippen molar-refractivity contribution < 1.29 is 4.79 Å². The van der Waals surface area contributed by atoms with Crippen LogP contribution in [0.2, 0.25) is 5.02 Å². The lowest BCUT2D eigenvalue weighted by Crippen LogP contribution is -2.39. The maximum atomic E-state index is 11.3. The van der Waals surface area contributed by atoms with Gasteiger partial charge in [-0.05, 0) is 43.5 Å². The molecule has 0 radical (unpaired) electrons. The Balaban J connectivity index is 1.76. The summed E-state index contributed by atoms with van der Waals surface area (Å²) in [5.74, 6) is 0.228. The zero-order valence-electron chi connectivity index (χ0n) is 10.7. The number of hydrogen-bond donors (Lipinski definition) is 2. The Morgan fingerprint density at radius 2 is 2.16 bits per heavy atom. The van der Waals surface area contributed by atoms with Gasteiger partial charge in [-0.2, -0.15) is 0 Å². The lowest BCUT2D eigenvalue weighted by molar-refractivity contribution is 0.100. The van der Waals surface area contributed by atoms with Crippen LogP contribution >= 0.6 is 11.6 Å². The fraction of sp³-hybridized carbons (Fsp3) is 0.500. The van der Waals surface area contributed by atoms with E-state index in [1.807, 2.05) is 6.07 Å². The van der Waals surface area contributed by atoms with Gasteiger partial charge in [-0.15, -0.1) is 0 Å². The third-order valence-electron chi connectivity index (χ3n) is 4.22. The summed E-state index contributed by atoms with van der Waals surface area (Å²) in [4.78, 5) is 13.8. The van der Waals surface area contributed by atoms with E-state index in [0.29, 0.717) is 22.5 Å². The molecule has 0 aromatic heterocycles. The van der Waals surface area contributed by atoms with Crippen LogP contribution in [0.25, 0.3) is 0 Å². The number of anilines is 1. The third-order valence-corrected chi connectivity index (χ3v) is 4.55. The minimum Gasteiger partial charge on any atom is -0.382 e. The van der Waals surface area contributed by atoms with E-state index in [0.717, 1.165) is 18.7 Å². The maximum Gasteiger partial charge on any atom is 0.250 e. The molecule has 102 valence electrons. The second kappa shape index (κ2) is 5.02. The molecule has 3 atom stereocenters. The van der Waals surface area contributed by atoms with Crippen molar-refractivity contribution in [2.24, 2.45) is 11.7 Å². The van der Waals surface area contributed by atoms with E-state index in [9.17, 15) is 4.79 Å². The van der Waals surface area contributed by atoms with Gasteiger partial charge in [0.1, 0.15) is 0 Å². The molecule has 0 aliphatic carbocycles. The fourth-order valence-electron chi connectivity index (χ4n) is 3.16. The quantitative estimate of drug-likeness (QED) is 0.889. The first kappa shape index (κ1) is 12.8. The van der Waals surface area contributed by atoms with E-state index in [2.05, 4.69) is 10.2 Å². The molecule has 0 spiro atoms. The number of carbonyl (C=O) groups is 1.